The summed E-state index contributed by atoms with van der Waals surface area (Å²) in [5.41, 5.74) is 10.6. The number of imide groups is 1. The van der Waals surface area contributed by atoms with Gasteiger partial charge in [-0.15, -0.1) is 0 Å². The van der Waals surface area contributed by atoms with E-state index in [9.17, 15) is 24.0 Å². The molecular formula is C53H65N11O6. The number of likely N-dealkylation sites (tertiary alicyclic amines) is 2. The summed E-state index contributed by atoms with van der Waals surface area (Å²) < 4.78 is 8.05. The summed E-state index contributed by atoms with van der Waals surface area (Å²) in [6.07, 6.45) is 7.86. The number of urea groups is 1. The van der Waals surface area contributed by atoms with Gasteiger partial charge in [0.1, 0.15) is 34.6 Å². The van der Waals surface area contributed by atoms with Gasteiger partial charge in [-0.2, -0.15) is 5.10 Å². The molecule has 5 fully saturated rings. The predicted octanol–water partition coefficient (Wildman–Crippen LogP) is 5.39. The van der Waals surface area contributed by atoms with Crippen LogP contribution in [0, 0.1) is 11.8 Å². The molecule has 70 heavy (non-hydrogen) atoms. The van der Waals surface area contributed by atoms with Crippen molar-refractivity contribution >= 4 is 41.2 Å². The number of piperidine rings is 4. The first kappa shape index (κ1) is 46.0. The van der Waals surface area contributed by atoms with E-state index in [0.717, 1.165) is 152 Å². The lowest BCUT2D eigenvalue weighted by molar-refractivity contribution is -0.136. The lowest BCUT2D eigenvalue weighted by Crippen LogP contribution is -2.57. The molecule has 368 valence electrons. The third kappa shape index (κ3) is 9.32. The van der Waals surface area contributed by atoms with Crippen LogP contribution in [0.3, 0.4) is 0 Å². The summed E-state index contributed by atoms with van der Waals surface area (Å²) in [7, 11) is 0. The van der Waals surface area contributed by atoms with Crippen LogP contribution in [-0.2, 0) is 16.1 Å². The van der Waals surface area contributed by atoms with Gasteiger partial charge < -0.3 is 40.3 Å². The normalized spacial score (nSPS) is 23.2. The number of nitrogens with zero attached hydrogens (tertiary/aromatic N) is 8. The van der Waals surface area contributed by atoms with Gasteiger partial charge in [-0.3, -0.25) is 29.4 Å². The Labute approximate surface area is 409 Å². The van der Waals surface area contributed by atoms with Crippen LogP contribution in [0.15, 0.2) is 72.8 Å². The summed E-state index contributed by atoms with van der Waals surface area (Å²) in [5, 5.41) is 10.9. The molecule has 8 heterocycles. The number of anilines is 2. The van der Waals surface area contributed by atoms with E-state index >= 15 is 0 Å². The number of nitrogens with two attached hydrogens (primary N) is 1. The molecule has 7 aliphatic rings. The maximum Gasteiger partial charge on any atom is 0.320 e. The van der Waals surface area contributed by atoms with E-state index in [1.54, 1.807) is 4.90 Å². The summed E-state index contributed by atoms with van der Waals surface area (Å²) in [4.78, 5) is 77.5. The van der Waals surface area contributed by atoms with Crippen LogP contribution in [0.25, 0.3) is 11.3 Å². The predicted molar refractivity (Wildman–Crippen MR) is 265 cm³/mol. The number of ether oxygens (including phenoxy) is 1. The zero-order chi connectivity index (χ0) is 47.9. The average Bonchev–Trinajstić information content (AvgIpc) is 3.95. The first-order valence-electron chi connectivity index (χ1n) is 25.7. The fourth-order valence-corrected chi connectivity index (χ4v) is 12.4. The quantitative estimate of drug-likeness (QED) is 0.174. The zero-order valence-electron chi connectivity index (χ0n) is 40.0. The van der Waals surface area contributed by atoms with E-state index in [0.29, 0.717) is 53.4 Å². The molecule has 11 rings (SSSR count). The molecule has 7 aliphatic heterocycles. The Morgan fingerprint density at radius 2 is 1.46 bits per heavy atom. The number of benzene rings is 3. The number of nitrogens with one attached hydrogen (secondary N) is 2. The highest BCUT2D eigenvalue weighted by Crippen LogP contribution is 2.41. The van der Waals surface area contributed by atoms with E-state index in [-0.39, 0.29) is 36.2 Å². The van der Waals surface area contributed by atoms with Gasteiger partial charge in [-0.05, 0) is 136 Å². The molecule has 1 aromatic heterocycles. The van der Waals surface area contributed by atoms with Crippen molar-refractivity contribution < 1.29 is 28.7 Å². The van der Waals surface area contributed by atoms with Crippen LogP contribution in [0.1, 0.15) is 90.1 Å². The minimum atomic E-state index is -0.609. The van der Waals surface area contributed by atoms with Crippen LogP contribution >= 0.6 is 0 Å². The van der Waals surface area contributed by atoms with Crippen molar-refractivity contribution in [2.45, 2.75) is 82.5 Å². The summed E-state index contributed by atoms with van der Waals surface area (Å²) in [6.45, 7) is 11.1. The molecule has 0 saturated carbocycles. The Morgan fingerprint density at radius 3 is 2.17 bits per heavy atom. The van der Waals surface area contributed by atoms with E-state index in [1.807, 2.05) is 66.7 Å². The summed E-state index contributed by atoms with van der Waals surface area (Å²) >= 11 is 0. The summed E-state index contributed by atoms with van der Waals surface area (Å²) in [6, 6.07) is 23.6. The zero-order valence-corrected chi connectivity index (χ0v) is 40.0. The minimum absolute atomic E-state index is 0.141. The second-order valence-electron chi connectivity index (χ2n) is 20.4. The molecule has 0 radical (unpaired) electrons. The highest BCUT2D eigenvalue weighted by molar-refractivity contribution is 6.06. The van der Waals surface area contributed by atoms with Gasteiger partial charge >= 0.3 is 6.03 Å². The van der Waals surface area contributed by atoms with Crippen LogP contribution in [0.5, 0.6) is 11.5 Å². The third-order valence-electron chi connectivity index (χ3n) is 16.3. The van der Waals surface area contributed by atoms with Crippen molar-refractivity contribution in [2.75, 3.05) is 88.8 Å². The molecule has 4 N–H and O–H groups in total. The molecule has 0 spiro atoms. The number of primary amides is 1. The monoisotopic (exact) mass is 952 g/mol. The van der Waals surface area contributed by atoms with Crippen LogP contribution < -0.4 is 26.0 Å². The number of rotatable bonds is 10. The third-order valence-corrected chi connectivity index (χ3v) is 16.3. The molecule has 0 bridgehead atoms. The van der Waals surface area contributed by atoms with Crippen LogP contribution in [0.2, 0.25) is 0 Å². The number of hydrogen-bond donors (Lipinski definition) is 3. The Kier molecular flexibility index (Phi) is 13.0. The number of fused-ring (bicyclic) bond motifs is 2. The van der Waals surface area contributed by atoms with Crippen molar-refractivity contribution in [2.24, 2.45) is 17.6 Å². The molecule has 0 aliphatic carbocycles. The van der Waals surface area contributed by atoms with Gasteiger partial charge in [0.25, 0.3) is 11.8 Å². The van der Waals surface area contributed by atoms with Crippen molar-refractivity contribution in [3.63, 3.8) is 0 Å². The van der Waals surface area contributed by atoms with Gasteiger partial charge in [0.15, 0.2) is 0 Å². The molecule has 3 aromatic carbocycles. The first-order chi connectivity index (χ1) is 34.1. The largest absolute Gasteiger partial charge is 0.457 e. The number of para-hydroxylation sites is 1. The molecular weight excluding hydrogens is 887 g/mol. The lowest BCUT2D eigenvalue weighted by Gasteiger charge is -2.45. The topological polar surface area (TPSA) is 182 Å². The second kappa shape index (κ2) is 19.7. The molecule has 6 amide bonds. The number of hydrogen-bond acceptors (Lipinski definition) is 11. The number of amides is 6. The van der Waals surface area contributed by atoms with Gasteiger partial charge in [-0.1, -0.05) is 18.2 Å². The Hall–Kier alpha value is -6.46. The molecule has 4 aromatic rings. The average molecular weight is 952 g/mol. The number of piperazine rings is 1. The van der Waals surface area contributed by atoms with Crippen LogP contribution in [0.4, 0.5) is 16.3 Å². The fourth-order valence-electron chi connectivity index (χ4n) is 12.4. The fraction of sp³-hybridized carbons (Fsp3) is 0.509. The highest BCUT2D eigenvalue weighted by Gasteiger charge is 2.41. The van der Waals surface area contributed by atoms with E-state index in [4.69, 9.17) is 15.6 Å². The standard InChI is InChI=1S/C53H65N11O6/c54-49(66)47-48(37-6-9-42(10-7-37)70-41-4-2-1-3-5-41)57-64-44(14-21-55-50(47)64)36-17-22-58(23-18-36)33-35-15-24-61(25-16-35)53(69)62-30-28-60(29-31-62)39-19-26-59(27-20-39)40-8-11-43-38(32-40)34-63(52(43)68)45-12-13-46(65)56-51(45)67/h1-11,32,35-36,39,44-45,55H,12-31,33-34H2,(H2,54,66)(H,56,65,67)/t44-,45?/m0/s1. The van der Waals surface area contributed by atoms with E-state index in [2.05, 4.69) is 45.9 Å². The van der Waals surface area contributed by atoms with Crippen LogP contribution in [-0.4, -0.2) is 155 Å². The van der Waals surface area contributed by atoms with E-state index in [1.165, 1.54) is 0 Å². The Bertz CT molecular complexity index is 2590. The highest BCUT2D eigenvalue weighted by atomic mass is 16.5. The molecule has 17 nitrogen and oxygen atoms in total. The van der Waals surface area contributed by atoms with Gasteiger partial charge in [-0.25, -0.2) is 9.48 Å². The van der Waals surface area contributed by atoms with Gasteiger partial charge in [0.2, 0.25) is 11.8 Å². The van der Waals surface area contributed by atoms with Gasteiger partial charge in [0.05, 0.1) is 6.04 Å². The molecule has 2 atom stereocenters. The minimum Gasteiger partial charge on any atom is -0.457 e. The van der Waals surface area contributed by atoms with Gasteiger partial charge in [0, 0.05) is 101 Å². The Morgan fingerprint density at radius 1 is 0.743 bits per heavy atom. The second-order valence-corrected chi connectivity index (χ2v) is 20.4. The maximum atomic E-state index is 13.8. The lowest BCUT2D eigenvalue weighted by atomic mass is 9.86. The van der Waals surface area contributed by atoms with Crippen molar-refractivity contribution in [1.29, 1.82) is 0 Å². The number of carbonyl (C=O) groups is 5. The van der Waals surface area contributed by atoms with Crippen molar-refractivity contribution in [3.05, 3.63) is 89.5 Å². The number of carbonyl (C=O) groups excluding carboxylic acids is 5. The maximum absolute atomic E-state index is 13.8. The molecule has 17 heteroatoms. The number of aromatic nitrogens is 2. The SMILES string of the molecule is NC(=O)c1c(-c2ccc(Oc3ccccc3)cc2)nn2c1NCC[C@H]2C1CCN(CC2CCN(C(=O)N3CCN(C4CCN(c5ccc6c(c5)CN(C5CCC(=O)NC5=O)C6=O)CC4)CC3)CC2)CC1. The molecule has 5 saturated heterocycles. The smallest absolute Gasteiger partial charge is 0.320 e. The Balaban J connectivity index is 0.609. The van der Waals surface area contributed by atoms with E-state index < -0.39 is 11.9 Å². The van der Waals surface area contributed by atoms with Crippen molar-refractivity contribution in [1.82, 2.24) is 39.6 Å². The molecule has 1 unspecified atom stereocenters. The van der Waals surface area contributed by atoms with Crippen molar-refractivity contribution in [3.8, 4) is 22.8 Å². The first-order valence-corrected chi connectivity index (χ1v) is 25.7. The summed E-state index contributed by atoms with van der Waals surface area (Å²) in [5.74, 6) is 1.93.